The van der Waals surface area contributed by atoms with Gasteiger partial charge in [0.05, 0.1) is 0 Å². The van der Waals surface area contributed by atoms with Gasteiger partial charge < -0.3 is 9.47 Å². The highest BCUT2D eigenvalue weighted by Crippen LogP contribution is 2.16. The second kappa shape index (κ2) is 5.94. The minimum Gasteiger partial charge on any atom is -0.455 e. The summed E-state index contributed by atoms with van der Waals surface area (Å²) in [6, 6.07) is 19.2. The molecule has 2 nitrogen and oxygen atoms in total. The minimum atomic E-state index is -0.361. The molecule has 87 valence electrons. The van der Waals surface area contributed by atoms with Crippen LogP contribution in [0, 0.1) is 6.92 Å². The summed E-state index contributed by atoms with van der Waals surface area (Å²) in [6.07, 6.45) is 0.184. The van der Waals surface area contributed by atoms with Gasteiger partial charge in [-0.05, 0) is 31.2 Å². The Hall–Kier alpha value is -1.96. The van der Waals surface area contributed by atoms with E-state index in [1.54, 1.807) is 0 Å². The molecule has 2 aromatic rings. The van der Waals surface area contributed by atoms with E-state index in [-0.39, 0.29) is 6.29 Å². The van der Waals surface area contributed by atoms with Crippen LogP contribution in [0.1, 0.15) is 6.42 Å². The van der Waals surface area contributed by atoms with Crippen LogP contribution in [0.3, 0.4) is 0 Å². The Kier molecular flexibility index (Phi) is 4.03. The molecule has 0 saturated heterocycles. The predicted molar refractivity (Wildman–Crippen MR) is 67.9 cm³/mol. The molecule has 0 unspecified atom stereocenters. The first-order valence-corrected chi connectivity index (χ1v) is 5.61. The van der Waals surface area contributed by atoms with Crippen molar-refractivity contribution in [3.8, 4) is 11.5 Å². The molecule has 0 heterocycles. The maximum absolute atomic E-state index is 5.68. The molecular weight excluding hydrogens is 212 g/mol. The highest BCUT2D eigenvalue weighted by Gasteiger charge is 2.09. The van der Waals surface area contributed by atoms with Crippen LogP contribution in [-0.4, -0.2) is 6.29 Å². The molecule has 2 rings (SSSR count). The number of hydrogen-bond donors (Lipinski definition) is 0. The van der Waals surface area contributed by atoms with Gasteiger partial charge in [-0.1, -0.05) is 36.4 Å². The first kappa shape index (κ1) is 11.5. The van der Waals surface area contributed by atoms with Crippen LogP contribution in [0.4, 0.5) is 0 Å². The van der Waals surface area contributed by atoms with Crippen LogP contribution in [0.25, 0.3) is 0 Å². The summed E-state index contributed by atoms with van der Waals surface area (Å²) in [7, 11) is 0. The van der Waals surface area contributed by atoms with Crippen molar-refractivity contribution < 1.29 is 9.47 Å². The van der Waals surface area contributed by atoms with E-state index >= 15 is 0 Å². The van der Waals surface area contributed by atoms with Crippen molar-refractivity contribution in [2.24, 2.45) is 0 Å². The van der Waals surface area contributed by atoms with Gasteiger partial charge in [-0.15, -0.1) is 0 Å². The van der Waals surface area contributed by atoms with E-state index in [1.807, 2.05) is 60.7 Å². The van der Waals surface area contributed by atoms with Crippen LogP contribution < -0.4 is 9.47 Å². The van der Waals surface area contributed by atoms with Gasteiger partial charge in [-0.25, -0.2) is 0 Å². The summed E-state index contributed by atoms with van der Waals surface area (Å²) in [5.74, 6) is 1.58. The Labute approximate surface area is 102 Å². The molecule has 0 aliphatic heterocycles. The van der Waals surface area contributed by atoms with Crippen LogP contribution in [0.2, 0.25) is 0 Å². The van der Waals surface area contributed by atoms with Crippen molar-refractivity contribution in [2.75, 3.05) is 0 Å². The average Bonchev–Trinajstić information content (AvgIpc) is 2.40. The average molecular weight is 227 g/mol. The van der Waals surface area contributed by atoms with E-state index in [1.165, 1.54) is 0 Å². The SMILES string of the molecule is [CH2]CC(Oc1ccccc1)Oc1ccccc1. The first-order valence-electron chi connectivity index (χ1n) is 5.61. The number of para-hydroxylation sites is 2. The number of benzene rings is 2. The molecule has 0 aliphatic rings. The summed E-state index contributed by atoms with van der Waals surface area (Å²) in [5.41, 5.74) is 0. The largest absolute Gasteiger partial charge is 0.455 e. The lowest BCUT2D eigenvalue weighted by Crippen LogP contribution is -2.22. The quantitative estimate of drug-likeness (QED) is 0.725. The van der Waals surface area contributed by atoms with Crippen molar-refractivity contribution in [3.63, 3.8) is 0 Å². The summed E-state index contributed by atoms with van der Waals surface area (Å²) < 4.78 is 11.4. The number of hydrogen-bond acceptors (Lipinski definition) is 2. The molecule has 0 aliphatic carbocycles. The van der Waals surface area contributed by atoms with Crippen molar-refractivity contribution >= 4 is 0 Å². The fourth-order valence-corrected chi connectivity index (χ4v) is 1.44. The van der Waals surface area contributed by atoms with Gasteiger partial charge in [0.25, 0.3) is 0 Å². The monoisotopic (exact) mass is 227 g/mol. The van der Waals surface area contributed by atoms with Crippen LogP contribution in [0.15, 0.2) is 60.7 Å². The minimum absolute atomic E-state index is 0.361. The molecule has 0 spiro atoms. The molecule has 0 atom stereocenters. The molecule has 1 radical (unpaired) electrons. The third kappa shape index (κ3) is 3.52. The van der Waals surface area contributed by atoms with Gasteiger partial charge in [0.15, 0.2) is 0 Å². The predicted octanol–water partition coefficient (Wildman–Crippen LogP) is 3.69. The van der Waals surface area contributed by atoms with Crippen LogP contribution in [0.5, 0.6) is 11.5 Å². The molecule has 0 aromatic heterocycles. The zero-order chi connectivity index (χ0) is 11.9. The van der Waals surface area contributed by atoms with Crippen LogP contribution >= 0.6 is 0 Å². The highest BCUT2D eigenvalue weighted by molar-refractivity contribution is 5.23. The van der Waals surface area contributed by atoms with Gasteiger partial charge >= 0.3 is 0 Å². The van der Waals surface area contributed by atoms with Crippen LogP contribution in [-0.2, 0) is 0 Å². The fraction of sp³-hybridized carbons (Fsp3) is 0.133. The maximum Gasteiger partial charge on any atom is 0.241 e. The Morgan fingerprint density at radius 1 is 0.765 bits per heavy atom. The zero-order valence-electron chi connectivity index (χ0n) is 9.58. The van der Waals surface area contributed by atoms with Crippen molar-refractivity contribution in [2.45, 2.75) is 12.7 Å². The molecule has 17 heavy (non-hydrogen) atoms. The third-order valence-electron chi connectivity index (χ3n) is 2.26. The third-order valence-corrected chi connectivity index (χ3v) is 2.26. The Balaban J connectivity index is 1.98. The Morgan fingerprint density at radius 3 is 1.53 bits per heavy atom. The number of rotatable bonds is 5. The molecule has 0 saturated carbocycles. The lowest BCUT2D eigenvalue weighted by Gasteiger charge is -2.18. The Bertz CT molecular complexity index is 384. The van der Waals surface area contributed by atoms with Gasteiger partial charge in [0.1, 0.15) is 11.5 Å². The van der Waals surface area contributed by atoms with E-state index in [4.69, 9.17) is 9.47 Å². The summed E-state index contributed by atoms with van der Waals surface area (Å²) in [5, 5.41) is 0. The number of ether oxygens (including phenoxy) is 2. The molecule has 0 amide bonds. The molecule has 2 heteroatoms. The lowest BCUT2D eigenvalue weighted by molar-refractivity contribution is 0.00824. The topological polar surface area (TPSA) is 18.5 Å². The van der Waals surface area contributed by atoms with E-state index in [0.29, 0.717) is 6.42 Å². The van der Waals surface area contributed by atoms with Gasteiger partial charge in [0, 0.05) is 6.42 Å². The summed E-state index contributed by atoms with van der Waals surface area (Å²) in [6.45, 7) is 3.83. The molecular formula is C15H15O2. The molecule has 0 bridgehead atoms. The summed E-state index contributed by atoms with van der Waals surface area (Å²) in [4.78, 5) is 0. The van der Waals surface area contributed by atoms with E-state index in [2.05, 4.69) is 6.92 Å². The fourth-order valence-electron chi connectivity index (χ4n) is 1.44. The summed E-state index contributed by atoms with van der Waals surface area (Å²) >= 11 is 0. The Morgan fingerprint density at radius 2 is 1.18 bits per heavy atom. The van der Waals surface area contributed by atoms with Gasteiger partial charge in [-0.3, -0.25) is 0 Å². The molecule has 0 N–H and O–H groups in total. The highest BCUT2D eigenvalue weighted by atomic mass is 16.7. The molecule has 2 aromatic carbocycles. The van der Waals surface area contributed by atoms with E-state index < -0.39 is 0 Å². The first-order chi connectivity index (χ1) is 8.38. The lowest BCUT2D eigenvalue weighted by atomic mass is 10.3. The van der Waals surface area contributed by atoms with Crippen molar-refractivity contribution in [3.05, 3.63) is 67.6 Å². The normalized spacial score (nSPS) is 10.2. The van der Waals surface area contributed by atoms with Gasteiger partial charge in [0.2, 0.25) is 6.29 Å². The standard InChI is InChI=1S/C15H15O2/c1-2-15(16-13-9-5-3-6-10-13)17-14-11-7-4-8-12-14/h3-12,15H,1-2H2. The van der Waals surface area contributed by atoms with E-state index in [9.17, 15) is 0 Å². The maximum atomic E-state index is 5.68. The van der Waals surface area contributed by atoms with Crippen molar-refractivity contribution in [1.29, 1.82) is 0 Å². The molecule has 0 fully saturated rings. The second-order valence-corrected chi connectivity index (χ2v) is 3.58. The van der Waals surface area contributed by atoms with Gasteiger partial charge in [-0.2, -0.15) is 0 Å². The second-order valence-electron chi connectivity index (χ2n) is 3.58. The smallest absolute Gasteiger partial charge is 0.241 e. The zero-order valence-corrected chi connectivity index (χ0v) is 9.58. The van der Waals surface area contributed by atoms with Crippen molar-refractivity contribution in [1.82, 2.24) is 0 Å². The van der Waals surface area contributed by atoms with E-state index in [0.717, 1.165) is 11.5 Å².